The first-order chi connectivity index (χ1) is 16.0. The lowest BCUT2D eigenvalue weighted by Crippen LogP contribution is -2.23. The van der Waals surface area contributed by atoms with Crippen LogP contribution in [0.3, 0.4) is 0 Å². The summed E-state index contributed by atoms with van der Waals surface area (Å²) in [5.74, 6) is -1.16. The van der Waals surface area contributed by atoms with E-state index in [9.17, 15) is 9.59 Å². The molecule has 1 aliphatic heterocycles. The Bertz CT molecular complexity index is 1310. The number of carbonyl (C=O) groups is 2. The molecule has 1 amide bonds. The van der Waals surface area contributed by atoms with Gasteiger partial charge in [0, 0.05) is 29.1 Å². The Labute approximate surface area is 197 Å². The summed E-state index contributed by atoms with van der Waals surface area (Å²) < 4.78 is 22.2. The van der Waals surface area contributed by atoms with E-state index in [-0.39, 0.29) is 29.5 Å². The smallest absolute Gasteiger partial charge is 0.283 e. The van der Waals surface area contributed by atoms with Crippen molar-refractivity contribution in [1.29, 1.82) is 0 Å². The highest BCUT2D eigenvalue weighted by molar-refractivity contribution is 7.16. The number of nitrogens with one attached hydrogen (secondary N) is 1. The Hall–Kier alpha value is -3.43. The van der Waals surface area contributed by atoms with Gasteiger partial charge in [0.2, 0.25) is 5.91 Å². The lowest BCUT2D eigenvalue weighted by molar-refractivity contribution is -0.117. The number of amides is 1. The van der Waals surface area contributed by atoms with Gasteiger partial charge in [0.1, 0.15) is 12.0 Å². The lowest BCUT2D eigenvalue weighted by atomic mass is 10.1. The molecule has 1 aromatic carbocycles. The molecule has 0 radical (unpaired) electrons. The molecule has 1 fully saturated rings. The zero-order valence-corrected chi connectivity index (χ0v) is 18.8. The third-order valence-electron chi connectivity index (χ3n) is 5.37. The van der Waals surface area contributed by atoms with Crippen LogP contribution in [0.5, 0.6) is 0 Å². The van der Waals surface area contributed by atoms with Gasteiger partial charge in [-0.1, -0.05) is 23.7 Å². The molecule has 10 heteroatoms. The third-order valence-corrected chi connectivity index (χ3v) is 6.60. The summed E-state index contributed by atoms with van der Waals surface area (Å²) in [5.41, 5.74) is 1.51. The Balaban J connectivity index is 1.49. The van der Waals surface area contributed by atoms with Crippen LogP contribution in [0, 0.1) is 5.82 Å². The van der Waals surface area contributed by atoms with Crippen LogP contribution in [-0.4, -0.2) is 28.1 Å². The van der Waals surface area contributed by atoms with Crippen molar-refractivity contribution in [2.75, 3.05) is 16.8 Å². The van der Waals surface area contributed by atoms with Gasteiger partial charge in [0.15, 0.2) is 11.6 Å². The summed E-state index contributed by atoms with van der Waals surface area (Å²) in [6.45, 7) is 0.940. The number of benzene rings is 1. The predicted octanol–water partition coefficient (Wildman–Crippen LogP) is 5.42. The SMILES string of the molecule is O=C1CCCN1c1ccc(-c2nn(C(=O)c3ccoc3)c(NCc3ccc(Cl)s3)c2F)cc1. The predicted molar refractivity (Wildman–Crippen MR) is 124 cm³/mol. The summed E-state index contributed by atoms with van der Waals surface area (Å²) >= 11 is 7.35. The first kappa shape index (κ1) is 21.4. The van der Waals surface area contributed by atoms with E-state index in [0.29, 0.717) is 22.9 Å². The molecule has 1 N–H and O–H groups in total. The molecule has 3 aromatic heterocycles. The number of thiophene rings is 1. The molecule has 4 heterocycles. The topological polar surface area (TPSA) is 80.4 Å². The molecule has 5 rings (SSSR count). The van der Waals surface area contributed by atoms with Gasteiger partial charge < -0.3 is 14.6 Å². The van der Waals surface area contributed by atoms with Crippen molar-refractivity contribution >= 4 is 46.3 Å². The number of nitrogens with zero attached hydrogens (tertiary/aromatic N) is 3. The maximum absolute atomic E-state index is 15.5. The molecule has 0 atom stereocenters. The van der Waals surface area contributed by atoms with Crippen molar-refractivity contribution in [2.24, 2.45) is 0 Å². The minimum absolute atomic E-state index is 0.0258. The van der Waals surface area contributed by atoms with Gasteiger partial charge in [-0.2, -0.15) is 9.78 Å². The highest BCUT2D eigenvalue weighted by Gasteiger charge is 2.26. The molecule has 1 aliphatic rings. The van der Waals surface area contributed by atoms with Crippen LogP contribution in [0.1, 0.15) is 28.1 Å². The highest BCUT2D eigenvalue weighted by atomic mass is 35.5. The maximum atomic E-state index is 15.5. The standard InChI is InChI=1S/C23H18ClFN4O3S/c24-18-8-7-17(33-18)12-26-22-20(25)21(27-29(22)23(31)15-9-11-32-13-15)14-3-5-16(6-4-14)28-10-1-2-19(28)30/h3-9,11,13,26H,1-2,10,12H2. The van der Waals surface area contributed by atoms with Crippen molar-refractivity contribution in [3.8, 4) is 11.3 Å². The molecule has 4 aromatic rings. The van der Waals surface area contributed by atoms with Crippen LogP contribution in [0.25, 0.3) is 11.3 Å². The van der Waals surface area contributed by atoms with E-state index in [0.717, 1.165) is 21.7 Å². The van der Waals surface area contributed by atoms with Gasteiger partial charge in [-0.3, -0.25) is 9.59 Å². The number of hydrogen-bond acceptors (Lipinski definition) is 6. The molecular weight excluding hydrogens is 467 g/mol. The summed E-state index contributed by atoms with van der Waals surface area (Å²) in [4.78, 5) is 27.6. The molecule has 0 aliphatic carbocycles. The van der Waals surface area contributed by atoms with E-state index in [1.807, 2.05) is 6.07 Å². The van der Waals surface area contributed by atoms with Crippen molar-refractivity contribution in [3.63, 3.8) is 0 Å². The summed E-state index contributed by atoms with van der Waals surface area (Å²) in [6.07, 6.45) is 4.00. The minimum Gasteiger partial charge on any atom is -0.472 e. The second-order valence-corrected chi connectivity index (χ2v) is 9.29. The Kier molecular flexibility index (Phi) is 5.74. The monoisotopic (exact) mass is 484 g/mol. The summed E-state index contributed by atoms with van der Waals surface area (Å²) in [5, 5.41) is 7.26. The first-order valence-corrected chi connectivity index (χ1v) is 11.4. The molecule has 0 unspecified atom stereocenters. The van der Waals surface area contributed by atoms with Gasteiger partial charge in [-0.05, 0) is 36.8 Å². The van der Waals surface area contributed by atoms with E-state index in [1.54, 1.807) is 35.2 Å². The molecule has 7 nitrogen and oxygen atoms in total. The minimum atomic E-state index is -0.653. The van der Waals surface area contributed by atoms with Gasteiger partial charge in [-0.15, -0.1) is 11.3 Å². The summed E-state index contributed by atoms with van der Waals surface area (Å²) in [7, 11) is 0. The number of rotatable bonds is 6. The fourth-order valence-corrected chi connectivity index (χ4v) is 4.76. The van der Waals surface area contributed by atoms with Gasteiger partial charge in [0.25, 0.3) is 5.91 Å². The Morgan fingerprint density at radius 3 is 2.67 bits per heavy atom. The zero-order valence-electron chi connectivity index (χ0n) is 17.3. The highest BCUT2D eigenvalue weighted by Crippen LogP contribution is 2.31. The molecule has 168 valence electrons. The van der Waals surface area contributed by atoms with Crippen LogP contribution in [0.15, 0.2) is 59.4 Å². The molecular formula is C23H18ClFN4O3S. The van der Waals surface area contributed by atoms with Crippen LogP contribution in [-0.2, 0) is 11.3 Å². The van der Waals surface area contributed by atoms with Gasteiger partial charge in [0.05, 0.1) is 22.7 Å². The van der Waals surface area contributed by atoms with Crippen molar-refractivity contribution in [1.82, 2.24) is 9.78 Å². The number of aromatic nitrogens is 2. The first-order valence-electron chi connectivity index (χ1n) is 10.3. The number of halogens is 2. The fraction of sp³-hybridized carbons (Fsp3) is 0.174. The van der Waals surface area contributed by atoms with Crippen LogP contribution in [0.2, 0.25) is 4.34 Å². The lowest BCUT2D eigenvalue weighted by Gasteiger charge is -2.15. The van der Waals surface area contributed by atoms with Crippen LogP contribution < -0.4 is 10.2 Å². The van der Waals surface area contributed by atoms with Crippen LogP contribution in [0.4, 0.5) is 15.9 Å². The number of furan rings is 1. The number of anilines is 2. The second-order valence-electron chi connectivity index (χ2n) is 7.50. The second kappa shape index (κ2) is 8.84. The van der Waals surface area contributed by atoms with Crippen molar-refractivity contribution < 1.29 is 18.4 Å². The van der Waals surface area contributed by atoms with E-state index in [4.69, 9.17) is 16.0 Å². The zero-order chi connectivity index (χ0) is 22.9. The van der Waals surface area contributed by atoms with Gasteiger partial charge in [-0.25, -0.2) is 4.39 Å². The Morgan fingerprint density at radius 2 is 2.03 bits per heavy atom. The largest absolute Gasteiger partial charge is 0.472 e. The fourth-order valence-electron chi connectivity index (χ4n) is 3.73. The quantitative estimate of drug-likeness (QED) is 0.395. The van der Waals surface area contributed by atoms with Crippen molar-refractivity contribution in [2.45, 2.75) is 19.4 Å². The van der Waals surface area contributed by atoms with E-state index in [2.05, 4.69) is 10.4 Å². The maximum Gasteiger partial charge on any atom is 0.283 e. The van der Waals surface area contributed by atoms with Gasteiger partial charge >= 0.3 is 0 Å². The Morgan fingerprint density at radius 1 is 1.21 bits per heavy atom. The molecule has 0 saturated carbocycles. The average Bonchev–Trinajstić information content (AvgIpc) is 3.61. The normalized spacial score (nSPS) is 13.6. The van der Waals surface area contributed by atoms with E-state index >= 15 is 4.39 Å². The van der Waals surface area contributed by atoms with Crippen LogP contribution >= 0.6 is 22.9 Å². The third kappa shape index (κ3) is 4.17. The van der Waals surface area contributed by atoms with E-state index in [1.165, 1.54) is 29.9 Å². The molecule has 33 heavy (non-hydrogen) atoms. The molecule has 1 saturated heterocycles. The average molecular weight is 485 g/mol. The number of carbonyl (C=O) groups excluding carboxylic acids is 2. The van der Waals surface area contributed by atoms with E-state index < -0.39 is 11.7 Å². The molecule has 0 spiro atoms. The summed E-state index contributed by atoms with van der Waals surface area (Å²) in [6, 6.07) is 12.0. The number of hydrogen-bond donors (Lipinski definition) is 1. The molecule has 0 bridgehead atoms. The van der Waals surface area contributed by atoms with Crippen molar-refractivity contribution in [3.05, 3.63) is 75.6 Å².